The number of carbonyl (C=O) groups excluding carboxylic acids is 2. The number of nitrogens with zero attached hydrogens (tertiary/aromatic N) is 6. The van der Waals surface area contributed by atoms with E-state index < -0.39 is 55.6 Å². The van der Waals surface area contributed by atoms with Crippen LogP contribution in [0.5, 0.6) is 0 Å². The fourth-order valence-electron chi connectivity index (χ4n) is 7.83. The maximum atomic E-state index is 15.6. The third-order valence-corrected chi connectivity index (χ3v) is 14.3. The molecule has 0 bridgehead atoms. The summed E-state index contributed by atoms with van der Waals surface area (Å²) in [6.07, 6.45) is -0.444. The van der Waals surface area contributed by atoms with Crippen LogP contribution in [0.3, 0.4) is 0 Å². The molecule has 7 rings (SSSR count). The van der Waals surface area contributed by atoms with Gasteiger partial charge in [-0.05, 0) is 114 Å². The summed E-state index contributed by atoms with van der Waals surface area (Å²) < 4.78 is 88.2. The predicted octanol–water partition coefficient (Wildman–Crippen LogP) is 9.72. The third-order valence-electron chi connectivity index (χ3n) is 11.7. The summed E-state index contributed by atoms with van der Waals surface area (Å²) in [5, 5.41) is 22.0. The Hall–Kier alpha value is -7.08. The number of amides is 2. The maximum Gasteiger partial charge on any atom is 0.417 e. The molecule has 14 nitrogen and oxygen atoms in total. The van der Waals surface area contributed by atoms with E-state index in [1.807, 2.05) is 31.3 Å². The Morgan fingerprint density at radius 2 is 1.56 bits per heavy atom. The van der Waals surface area contributed by atoms with E-state index in [0.29, 0.717) is 53.3 Å². The summed E-state index contributed by atoms with van der Waals surface area (Å²) in [6.45, 7) is 7.74. The molecule has 364 valence electrons. The first-order valence-electron chi connectivity index (χ1n) is 22.3. The number of nitrogens with one attached hydrogen (secondary N) is 3. The molecule has 3 heterocycles. The second-order valence-corrected chi connectivity index (χ2v) is 20.2. The number of rotatable bonds is 18. The lowest BCUT2D eigenvalue weighted by Gasteiger charge is -2.29. The molecule has 0 spiro atoms. The van der Waals surface area contributed by atoms with Gasteiger partial charge in [0.15, 0.2) is 32.2 Å². The zero-order valence-electron chi connectivity index (χ0n) is 38.8. The molecule has 6 aromatic rings. The lowest BCUT2D eigenvalue weighted by molar-refractivity contribution is -0.137. The van der Waals surface area contributed by atoms with Crippen LogP contribution in [0.15, 0.2) is 107 Å². The molecule has 0 atom stereocenters. The Bertz CT molecular complexity index is 3080. The lowest BCUT2D eigenvalue weighted by atomic mass is 10.0. The molecule has 1 aliphatic rings. The summed E-state index contributed by atoms with van der Waals surface area (Å²) in [5.41, 5.74) is 0.500. The number of aromatic nitrogens is 3. The van der Waals surface area contributed by atoms with Gasteiger partial charge in [-0.25, -0.2) is 22.8 Å². The Labute approximate surface area is 408 Å². The quantitative estimate of drug-likeness (QED) is 0.0420. The second kappa shape index (κ2) is 20.9. The average Bonchev–Trinajstić information content (AvgIpc) is 3.89. The van der Waals surface area contributed by atoms with Crippen LogP contribution in [-0.2, 0) is 27.4 Å². The summed E-state index contributed by atoms with van der Waals surface area (Å²) >= 11 is 5.55. The highest BCUT2D eigenvalue weighted by Crippen LogP contribution is 2.40. The molecular formula is C50H49F4N9O5S2. The van der Waals surface area contributed by atoms with Crippen LogP contribution in [0.25, 0.3) is 34.0 Å². The molecule has 1 saturated heterocycles. The number of halogens is 4. The molecular weight excluding hydrogens is 947 g/mol. The summed E-state index contributed by atoms with van der Waals surface area (Å²) in [6, 6.07) is 24.2. The third kappa shape index (κ3) is 10.7. The summed E-state index contributed by atoms with van der Waals surface area (Å²) in [4.78, 5) is 38.7. The number of sulfone groups is 1. The predicted molar refractivity (Wildman–Crippen MR) is 262 cm³/mol. The van der Waals surface area contributed by atoms with Gasteiger partial charge in [0.05, 0.1) is 50.5 Å². The molecule has 2 aromatic heterocycles. The van der Waals surface area contributed by atoms with Crippen molar-refractivity contribution in [1.29, 1.82) is 5.26 Å². The van der Waals surface area contributed by atoms with Gasteiger partial charge in [0.25, 0.3) is 11.8 Å². The van der Waals surface area contributed by atoms with E-state index in [9.17, 15) is 36.4 Å². The fraction of sp³-hybridized carbons (Fsp3) is 0.300. The minimum absolute atomic E-state index is 0.107. The number of hydrogen-bond donors (Lipinski definition) is 3. The smallest absolute Gasteiger partial charge is 0.368 e. The van der Waals surface area contributed by atoms with Crippen LogP contribution in [0.2, 0.25) is 0 Å². The van der Waals surface area contributed by atoms with Gasteiger partial charge >= 0.3 is 6.18 Å². The molecule has 2 amide bonds. The van der Waals surface area contributed by atoms with Crippen LogP contribution in [0.1, 0.15) is 80.4 Å². The van der Waals surface area contributed by atoms with Crippen LogP contribution in [0.4, 0.5) is 34.8 Å². The van der Waals surface area contributed by atoms with Crippen molar-refractivity contribution >= 4 is 56.2 Å². The number of hydrogen-bond acceptors (Lipinski definition) is 12. The molecule has 20 heteroatoms. The van der Waals surface area contributed by atoms with Gasteiger partial charge in [-0.15, -0.1) is 0 Å². The minimum Gasteiger partial charge on any atom is -0.368 e. The van der Waals surface area contributed by atoms with Crippen LogP contribution >= 0.6 is 12.2 Å². The SMILES string of the molecule is CNCc1ccc(-c2cc(-c3nc(-c4ccc(S(=O)(=O)C(C)C)cc4)cnc3NCCCCCCNC(=O)c3ccc(N4C(=S)N(c5ccc(C#N)c(C(F)(F)F)c5)C(=O)C4(C)C)cc3F)on2)cc1. The van der Waals surface area contributed by atoms with E-state index in [1.165, 1.54) is 43.0 Å². The Kier molecular flexibility index (Phi) is 15.1. The van der Waals surface area contributed by atoms with Gasteiger partial charge in [-0.3, -0.25) is 14.5 Å². The van der Waals surface area contributed by atoms with Gasteiger partial charge < -0.3 is 25.4 Å². The molecule has 0 radical (unpaired) electrons. The first-order chi connectivity index (χ1) is 33.3. The highest BCUT2D eigenvalue weighted by atomic mass is 32.2. The van der Waals surface area contributed by atoms with Crippen LogP contribution < -0.4 is 25.8 Å². The minimum atomic E-state index is -4.87. The number of unbranched alkanes of at least 4 members (excludes halogenated alkanes) is 3. The summed E-state index contributed by atoms with van der Waals surface area (Å²) in [5.74, 6) is -1.39. The van der Waals surface area contributed by atoms with Crippen molar-refractivity contribution in [3.63, 3.8) is 0 Å². The maximum absolute atomic E-state index is 15.6. The average molecular weight is 996 g/mol. The van der Waals surface area contributed by atoms with Gasteiger partial charge in [0.2, 0.25) is 0 Å². The monoisotopic (exact) mass is 995 g/mol. The van der Waals surface area contributed by atoms with E-state index in [-0.39, 0.29) is 33.5 Å². The fourth-order valence-corrected chi connectivity index (χ4v) is 9.41. The number of carbonyl (C=O) groups is 2. The first kappa shape index (κ1) is 50.8. The Morgan fingerprint density at radius 3 is 2.20 bits per heavy atom. The van der Waals surface area contributed by atoms with Crippen molar-refractivity contribution in [2.45, 2.75) is 81.8 Å². The highest BCUT2D eigenvalue weighted by Gasteiger charge is 2.51. The number of nitriles is 1. The van der Waals surface area contributed by atoms with Gasteiger partial charge in [-0.1, -0.05) is 54.4 Å². The normalized spacial score (nSPS) is 13.8. The number of thiocarbonyl (C=S) groups is 1. The number of benzene rings is 4. The van der Waals surface area contributed by atoms with Crippen molar-refractivity contribution in [1.82, 2.24) is 25.8 Å². The number of alkyl halides is 3. The van der Waals surface area contributed by atoms with E-state index in [4.69, 9.17) is 21.7 Å². The second-order valence-electron chi connectivity index (χ2n) is 17.3. The zero-order valence-corrected chi connectivity index (χ0v) is 40.5. The molecule has 0 unspecified atom stereocenters. The largest absolute Gasteiger partial charge is 0.417 e. The molecule has 0 saturated carbocycles. The molecule has 1 aliphatic heterocycles. The topological polar surface area (TPSA) is 186 Å². The van der Waals surface area contributed by atoms with Crippen LogP contribution in [-0.4, -0.2) is 71.4 Å². The Morgan fingerprint density at radius 1 is 0.900 bits per heavy atom. The van der Waals surface area contributed by atoms with Gasteiger partial charge in [0, 0.05) is 42.5 Å². The molecule has 0 aliphatic carbocycles. The lowest BCUT2D eigenvalue weighted by Crippen LogP contribution is -2.44. The molecule has 70 heavy (non-hydrogen) atoms. The van der Waals surface area contributed by atoms with Crippen molar-refractivity contribution in [2.75, 3.05) is 35.3 Å². The van der Waals surface area contributed by atoms with Gasteiger partial charge in [-0.2, -0.15) is 18.4 Å². The van der Waals surface area contributed by atoms with Crippen molar-refractivity contribution in [3.05, 3.63) is 125 Å². The first-order valence-corrected chi connectivity index (χ1v) is 24.3. The molecule has 4 aromatic carbocycles. The summed E-state index contributed by atoms with van der Waals surface area (Å²) in [7, 11) is -1.59. The zero-order chi connectivity index (χ0) is 50.5. The Balaban J connectivity index is 0.950. The van der Waals surface area contributed by atoms with Crippen molar-refractivity contribution in [2.24, 2.45) is 0 Å². The van der Waals surface area contributed by atoms with Crippen molar-refractivity contribution in [3.8, 4) is 40.0 Å². The highest BCUT2D eigenvalue weighted by molar-refractivity contribution is 7.92. The van der Waals surface area contributed by atoms with E-state index in [1.54, 1.807) is 50.4 Å². The standard InChI is InChI=1S/C50H49F4N9O5S2/c1-30(2)70(66,67)37-19-15-33(16-20-37)42-29-59-45(44(60-42)43-26-41(61-68-43)32-12-10-31(11-13-32)28-56-5)57-22-8-6-7-9-23-58-46(64)38-21-18-36(25-40(38)51)63-48(69)62(47(65)49(63,3)4)35-17-14-34(27-55)39(24-35)50(52,53)54/h10-21,24-26,29-30,56H,6-9,22-23,28H2,1-5H3,(H,57,59)(H,58,64). The van der Waals surface area contributed by atoms with Crippen LogP contribution in [0, 0.1) is 17.1 Å². The molecule has 3 N–H and O–H groups in total. The van der Waals surface area contributed by atoms with E-state index >= 15 is 4.39 Å². The van der Waals surface area contributed by atoms with Crippen molar-refractivity contribution < 1.29 is 40.1 Å². The van der Waals surface area contributed by atoms with E-state index in [0.717, 1.165) is 54.0 Å². The van der Waals surface area contributed by atoms with Gasteiger partial charge in [0.1, 0.15) is 17.1 Å². The van der Waals surface area contributed by atoms with E-state index in [2.05, 4.69) is 26.1 Å². The number of anilines is 3. The molecule has 1 fully saturated rings.